The molecule has 0 saturated heterocycles. The molecule has 11 heteroatoms. The predicted octanol–water partition coefficient (Wildman–Crippen LogP) is 5.28. The van der Waals surface area contributed by atoms with Gasteiger partial charge in [0.1, 0.15) is 19.0 Å². The summed E-state index contributed by atoms with van der Waals surface area (Å²) in [7, 11) is 0. The van der Waals surface area contributed by atoms with Crippen molar-refractivity contribution in [2.24, 2.45) is 0 Å². The van der Waals surface area contributed by atoms with Crippen molar-refractivity contribution in [3.63, 3.8) is 0 Å². The minimum Gasteiger partial charge on any atom is -0.499 e. The molecule has 274 valence electrons. The molecule has 0 heterocycles. The van der Waals surface area contributed by atoms with E-state index in [9.17, 15) is 0 Å². The number of aryl methyl sites for hydroxylation is 1. The van der Waals surface area contributed by atoms with Gasteiger partial charge in [0.15, 0.2) is 0 Å². The molecule has 0 N–H and O–H groups in total. The Morgan fingerprint density at radius 3 is 1.15 bits per heavy atom. The van der Waals surface area contributed by atoms with Crippen molar-refractivity contribution in [2.45, 2.75) is 51.9 Å². The fraction of sp³-hybridized carbons (Fsp3) is 0.778. The van der Waals surface area contributed by atoms with Crippen molar-refractivity contribution in [3.8, 4) is 5.75 Å². The first-order valence-electron chi connectivity index (χ1n) is 17.5. The first-order chi connectivity index (χ1) is 23.4. The Labute approximate surface area is 284 Å². The van der Waals surface area contributed by atoms with Crippen molar-refractivity contribution in [1.82, 2.24) is 0 Å². The van der Waals surface area contributed by atoms with Crippen LogP contribution in [0.2, 0.25) is 0 Å². The topological polar surface area (TPSA) is 102 Å². The normalized spacial score (nSPS) is 11.3. The van der Waals surface area contributed by atoms with Gasteiger partial charge in [0.05, 0.1) is 125 Å². The smallest absolute Gasteiger partial charge is 0.119 e. The third-order valence-corrected chi connectivity index (χ3v) is 6.68. The number of ether oxygens (including phenoxy) is 11. The van der Waals surface area contributed by atoms with Crippen molar-refractivity contribution in [3.05, 3.63) is 42.7 Å². The molecular formula is C36H64O11. The van der Waals surface area contributed by atoms with Gasteiger partial charge in [-0.1, -0.05) is 57.7 Å². The van der Waals surface area contributed by atoms with Crippen LogP contribution in [-0.4, -0.2) is 132 Å². The van der Waals surface area contributed by atoms with E-state index in [1.165, 1.54) is 50.4 Å². The largest absolute Gasteiger partial charge is 0.499 e. The molecule has 0 unspecified atom stereocenters. The van der Waals surface area contributed by atoms with Gasteiger partial charge in [-0.15, -0.1) is 0 Å². The summed E-state index contributed by atoms with van der Waals surface area (Å²) in [6, 6.07) is 8.43. The first kappa shape index (κ1) is 43.2. The van der Waals surface area contributed by atoms with Crippen LogP contribution >= 0.6 is 0 Å². The zero-order valence-electron chi connectivity index (χ0n) is 29.2. The average molecular weight is 673 g/mol. The van der Waals surface area contributed by atoms with E-state index >= 15 is 0 Å². The van der Waals surface area contributed by atoms with Crippen LogP contribution in [0.15, 0.2) is 37.1 Å². The number of hydrogen-bond acceptors (Lipinski definition) is 11. The Kier molecular flexibility index (Phi) is 34.0. The highest BCUT2D eigenvalue weighted by Crippen LogP contribution is 2.15. The maximum absolute atomic E-state index is 5.77. The highest BCUT2D eigenvalue weighted by atomic mass is 16.6. The molecule has 1 aromatic carbocycles. The van der Waals surface area contributed by atoms with Gasteiger partial charge in [-0.2, -0.15) is 0 Å². The van der Waals surface area contributed by atoms with Gasteiger partial charge in [0.25, 0.3) is 0 Å². The highest BCUT2D eigenvalue weighted by Gasteiger charge is 1.99. The van der Waals surface area contributed by atoms with Crippen LogP contribution in [0.25, 0.3) is 0 Å². The van der Waals surface area contributed by atoms with E-state index in [0.717, 1.165) is 12.2 Å². The molecule has 1 aromatic rings. The SMILES string of the molecule is C=COCCOCCOCCOCCOCCOCCOCCOCCOCCOCCOc1ccc(CCCCCCCC)cc1. The van der Waals surface area contributed by atoms with Crippen molar-refractivity contribution < 1.29 is 52.1 Å². The maximum atomic E-state index is 5.77. The second kappa shape index (κ2) is 37.0. The van der Waals surface area contributed by atoms with Gasteiger partial charge in [-0.25, -0.2) is 0 Å². The molecule has 0 atom stereocenters. The Morgan fingerprint density at radius 2 is 0.766 bits per heavy atom. The van der Waals surface area contributed by atoms with E-state index in [1.807, 2.05) is 0 Å². The second-order valence-corrected chi connectivity index (χ2v) is 10.6. The van der Waals surface area contributed by atoms with Crippen LogP contribution in [0.5, 0.6) is 5.75 Å². The van der Waals surface area contributed by atoms with Crippen LogP contribution in [-0.2, 0) is 53.8 Å². The quantitative estimate of drug-likeness (QED) is 0.0675. The fourth-order valence-electron chi connectivity index (χ4n) is 4.13. The molecule has 0 aliphatic carbocycles. The van der Waals surface area contributed by atoms with E-state index in [0.29, 0.717) is 132 Å². The lowest BCUT2D eigenvalue weighted by Crippen LogP contribution is -2.15. The molecule has 0 aliphatic heterocycles. The average Bonchev–Trinajstić information content (AvgIpc) is 3.09. The van der Waals surface area contributed by atoms with Gasteiger partial charge < -0.3 is 52.1 Å². The van der Waals surface area contributed by atoms with E-state index in [1.54, 1.807) is 0 Å². The summed E-state index contributed by atoms with van der Waals surface area (Å²) in [5, 5.41) is 0. The van der Waals surface area contributed by atoms with Crippen molar-refractivity contribution in [2.75, 3.05) is 132 Å². The zero-order valence-corrected chi connectivity index (χ0v) is 29.2. The predicted molar refractivity (Wildman–Crippen MR) is 183 cm³/mol. The Hall–Kier alpha value is -1.80. The monoisotopic (exact) mass is 672 g/mol. The second-order valence-electron chi connectivity index (χ2n) is 10.6. The van der Waals surface area contributed by atoms with Crippen LogP contribution < -0.4 is 4.74 Å². The van der Waals surface area contributed by atoms with E-state index in [4.69, 9.17) is 52.1 Å². The van der Waals surface area contributed by atoms with Crippen LogP contribution in [0, 0.1) is 0 Å². The molecule has 0 radical (unpaired) electrons. The summed E-state index contributed by atoms with van der Waals surface area (Å²) in [5.74, 6) is 0.886. The number of rotatable bonds is 39. The highest BCUT2D eigenvalue weighted by molar-refractivity contribution is 5.27. The molecule has 11 nitrogen and oxygen atoms in total. The molecule has 0 aromatic heterocycles. The van der Waals surface area contributed by atoms with E-state index in [2.05, 4.69) is 37.8 Å². The van der Waals surface area contributed by atoms with Gasteiger partial charge in [-0.3, -0.25) is 0 Å². The summed E-state index contributed by atoms with van der Waals surface area (Å²) >= 11 is 0. The minimum atomic E-state index is 0.504. The third kappa shape index (κ3) is 32.5. The maximum Gasteiger partial charge on any atom is 0.119 e. The number of hydrogen-bond donors (Lipinski definition) is 0. The summed E-state index contributed by atoms with van der Waals surface area (Å²) in [5.41, 5.74) is 1.38. The van der Waals surface area contributed by atoms with Crippen molar-refractivity contribution >= 4 is 0 Å². The Balaban J connectivity index is 1.70. The van der Waals surface area contributed by atoms with E-state index < -0.39 is 0 Å². The molecule has 0 spiro atoms. The summed E-state index contributed by atoms with van der Waals surface area (Å²) in [6.07, 6.45) is 10.5. The number of unbranched alkanes of at least 4 members (excludes halogenated alkanes) is 5. The molecule has 0 saturated carbocycles. The van der Waals surface area contributed by atoms with Gasteiger partial charge in [-0.05, 0) is 30.5 Å². The van der Waals surface area contributed by atoms with E-state index in [-0.39, 0.29) is 0 Å². The molecule has 47 heavy (non-hydrogen) atoms. The van der Waals surface area contributed by atoms with Crippen LogP contribution in [0.1, 0.15) is 51.0 Å². The van der Waals surface area contributed by atoms with Crippen LogP contribution in [0.3, 0.4) is 0 Å². The standard InChI is InChI=1S/C36H64O11/c1-3-5-6-7-8-9-10-35-11-13-36(14-12-35)47-34-33-46-32-31-45-30-29-44-28-27-43-26-25-42-24-23-41-22-21-40-20-19-39-18-17-38-16-15-37-4-2/h4,11-14H,2-3,5-10,15-34H2,1H3. The minimum absolute atomic E-state index is 0.504. The lowest BCUT2D eigenvalue weighted by molar-refractivity contribution is -0.0259. The third-order valence-electron chi connectivity index (χ3n) is 6.68. The first-order valence-corrected chi connectivity index (χ1v) is 17.5. The van der Waals surface area contributed by atoms with Crippen LogP contribution in [0.4, 0.5) is 0 Å². The molecule has 1 rings (SSSR count). The van der Waals surface area contributed by atoms with Crippen molar-refractivity contribution in [1.29, 1.82) is 0 Å². The molecule has 0 bridgehead atoms. The molecule has 0 fully saturated rings. The lowest BCUT2D eigenvalue weighted by atomic mass is 10.0. The molecule has 0 amide bonds. The number of benzene rings is 1. The fourth-order valence-corrected chi connectivity index (χ4v) is 4.13. The Morgan fingerprint density at radius 1 is 0.426 bits per heavy atom. The summed E-state index contributed by atoms with van der Waals surface area (Å²) in [4.78, 5) is 0. The molecule has 0 aliphatic rings. The zero-order chi connectivity index (χ0) is 33.6. The van der Waals surface area contributed by atoms with Gasteiger partial charge in [0, 0.05) is 0 Å². The van der Waals surface area contributed by atoms with Gasteiger partial charge in [0.2, 0.25) is 0 Å². The lowest BCUT2D eigenvalue weighted by Gasteiger charge is -2.09. The Bertz CT molecular complexity index is 751. The van der Waals surface area contributed by atoms with Gasteiger partial charge >= 0.3 is 0 Å². The summed E-state index contributed by atoms with van der Waals surface area (Å²) < 4.78 is 60.0. The molecular weight excluding hydrogens is 608 g/mol. The summed E-state index contributed by atoms with van der Waals surface area (Å²) in [6.45, 7) is 16.2.